The fraction of sp³-hybridized carbons (Fsp3) is 0.0476. The molecule has 27 heavy (non-hydrogen) atoms. The molecular formula is C21H16N4OS. The van der Waals surface area contributed by atoms with Crippen molar-refractivity contribution in [3.05, 3.63) is 83.6 Å². The molecule has 2 aromatic carbocycles. The fourth-order valence-electron chi connectivity index (χ4n) is 2.63. The number of carbonyl (C=O) groups is 1. The molecule has 0 saturated heterocycles. The number of thiazole rings is 1. The van der Waals surface area contributed by atoms with Crippen LogP contribution in [0, 0.1) is 6.92 Å². The van der Waals surface area contributed by atoms with Crippen LogP contribution in [0.15, 0.2) is 73.1 Å². The maximum Gasteiger partial charge on any atom is 0.267 e. The van der Waals surface area contributed by atoms with Gasteiger partial charge in [0.25, 0.3) is 5.91 Å². The Morgan fingerprint density at radius 2 is 1.48 bits per heavy atom. The molecule has 2 heterocycles. The van der Waals surface area contributed by atoms with Gasteiger partial charge in [0.2, 0.25) is 0 Å². The zero-order valence-corrected chi connectivity index (χ0v) is 15.4. The summed E-state index contributed by atoms with van der Waals surface area (Å²) in [6.45, 7) is 1.84. The lowest BCUT2D eigenvalue weighted by molar-refractivity contribution is 0.102. The number of hydrogen-bond donors (Lipinski definition) is 1. The molecule has 1 N–H and O–H groups in total. The maximum atomic E-state index is 12.6. The average molecular weight is 372 g/mol. The van der Waals surface area contributed by atoms with E-state index in [1.54, 1.807) is 12.4 Å². The van der Waals surface area contributed by atoms with Crippen LogP contribution >= 0.6 is 11.3 Å². The summed E-state index contributed by atoms with van der Waals surface area (Å²) in [6.07, 6.45) is 3.23. The second-order valence-electron chi connectivity index (χ2n) is 5.92. The van der Waals surface area contributed by atoms with Gasteiger partial charge < -0.3 is 5.32 Å². The van der Waals surface area contributed by atoms with Gasteiger partial charge in [0.05, 0.1) is 23.8 Å². The molecule has 4 aromatic rings. The van der Waals surface area contributed by atoms with E-state index in [1.165, 1.54) is 11.3 Å². The summed E-state index contributed by atoms with van der Waals surface area (Å²) < 4.78 is 0. The number of nitrogens with one attached hydrogen (secondary N) is 1. The summed E-state index contributed by atoms with van der Waals surface area (Å²) in [4.78, 5) is 26.4. The van der Waals surface area contributed by atoms with Gasteiger partial charge in [-0.05, 0) is 6.92 Å². The molecule has 0 aliphatic rings. The molecule has 132 valence electrons. The number of anilines is 1. The molecule has 0 unspecified atom stereocenters. The molecule has 4 rings (SSSR count). The van der Waals surface area contributed by atoms with E-state index < -0.39 is 0 Å². The van der Waals surface area contributed by atoms with Gasteiger partial charge in [-0.15, -0.1) is 11.3 Å². The Morgan fingerprint density at radius 3 is 2.11 bits per heavy atom. The molecule has 0 bridgehead atoms. The molecule has 0 radical (unpaired) electrons. The molecule has 2 aromatic heterocycles. The third-order valence-electron chi connectivity index (χ3n) is 3.97. The van der Waals surface area contributed by atoms with Crippen molar-refractivity contribution in [3.8, 4) is 22.0 Å². The molecule has 6 heteroatoms. The van der Waals surface area contributed by atoms with Crippen molar-refractivity contribution in [1.82, 2.24) is 15.0 Å². The molecule has 1 amide bonds. The first kappa shape index (κ1) is 17.1. The largest absolute Gasteiger partial charge is 0.319 e. The normalized spacial score (nSPS) is 10.6. The summed E-state index contributed by atoms with van der Waals surface area (Å²) in [5.41, 5.74) is 3.19. The summed E-state index contributed by atoms with van der Waals surface area (Å²) >= 11 is 1.38. The van der Waals surface area contributed by atoms with E-state index >= 15 is 0 Å². The number of nitrogens with zero attached hydrogens (tertiary/aromatic N) is 3. The van der Waals surface area contributed by atoms with Gasteiger partial charge in [-0.25, -0.2) is 15.0 Å². The number of carbonyl (C=O) groups excluding carboxylic acids is 1. The van der Waals surface area contributed by atoms with Gasteiger partial charge >= 0.3 is 0 Å². The lowest BCUT2D eigenvalue weighted by Gasteiger charge is -2.04. The van der Waals surface area contributed by atoms with E-state index in [0.717, 1.165) is 16.1 Å². The van der Waals surface area contributed by atoms with E-state index in [2.05, 4.69) is 20.3 Å². The zero-order chi connectivity index (χ0) is 18.6. The Balaban J connectivity index is 1.52. The first-order chi connectivity index (χ1) is 13.2. The summed E-state index contributed by atoms with van der Waals surface area (Å²) in [6, 6.07) is 19.5. The Morgan fingerprint density at radius 1 is 0.889 bits per heavy atom. The van der Waals surface area contributed by atoms with Crippen LogP contribution in [-0.2, 0) is 0 Å². The van der Waals surface area contributed by atoms with Crippen LogP contribution in [0.25, 0.3) is 22.0 Å². The SMILES string of the molecule is Cc1nc(-c2ccccc2)sc1C(=O)Nc1cnc(-c2ccccc2)nc1. The van der Waals surface area contributed by atoms with E-state index in [4.69, 9.17) is 0 Å². The van der Waals surface area contributed by atoms with Crippen molar-refractivity contribution in [3.63, 3.8) is 0 Å². The number of aromatic nitrogens is 3. The summed E-state index contributed by atoms with van der Waals surface area (Å²) in [7, 11) is 0. The second kappa shape index (κ2) is 7.47. The van der Waals surface area contributed by atoms with Crippen molar-refractivity contribution in [1.29, 1.82) is 0 Å². The molecule has 5 nitrogen and oxygen atoms in total. The molecule has 0 saturated carbocycles. The van der Waals surface area contributed by atoms with Gasteiger partial charge in [-0.2, -0.15) is 0 Å². The predicted molar refractivity (Wildman–Crippen MR) is 108 cm³/mol. The monoisotopic (exact) mass is 372 g/mol. The van der Waals surface area contributed by atoms with Gasteiger partial charge in [0.1, 0.15) is 9.88 Å². The van der Waals surface area contributed by atoms with E-state index in [1.807, 2.05) is 67.6 Å². The van der Waals surface area contributed by atoms with Crippen molar-refractivity contribution < 1.29 is 4.79 Å². The third-order valence-corrected chi connectivity index (χ3v) is 5.17. The fourth-order valence-corrected chi connectivity index (χ4v) is 3.59. The van der Waals surface area contributed by atoms with Crippen LogP contribution in [0.2, 0.25) is 0 Å². The highest BCUT2D eigenvalue weighted by molar-refractivity contribution is 7.17. The summed E-state index contributed by atoms with van der Waals surface area (Å²) in [5.74, 6) is 0.414. The standard InChI is InChI=1S/C21H16N4OS/c1-14-18(27-21(24-14)16-10-6-3-7-11-16)20(26)25-17-12-22-19(23-13-17)15-8-4-2-5-9-15/h2-13H,1H3,(H,25,26). The van der Waals surface area contributed by atoms with Crippen molar-refractivity contribution in [2.75, 3.05) is 5.32 Å². The number of rotatable bonds is 4. The first-order valence-electron chi connectivity index (χ1n) is 8.42. The number of benzene rings is 2. The Labute approximate surface area is 160 Å². The van der Waals surface area contributed by atoms with Crippen molar-refractivity contribution >= 4 is 22.9 Å². The van der Waals surface area contributed by atoms with Gasteiger partial charge in [-0.3, -0.25) is 4.79 Å². The molecule has 0 aliphatic heterocycles. The lowest BCUT2D eigenvalue weighted by Crippen LogP contribution is -2.12. The molecule has 0 spiro atoms. The molecule has 0 fully saturated rings. The zero-order valence-electron chi connectivity index (χ0n) is 14.6. The van der Waals surface area contributed by atoms with Crippen molar-refractivity contribution in [2.24, 2.45) is 0 Å². The van der Waals surface area contributed by atoms with E-state index in [9.17, 15) is 4.79 Å². The average Bonchev–Trinajstić information content (AvgIpc) is 3.12. The lowest BCUT2D eigenvalue weighted by atomic mass is 10.2. The summed E-state index contributed by atoms with van der Waals surface area (Å²) in [5, 5.41) is 3.68. The van der Waals surface area contributed by atoms with E-state index in [-0.39, 0.29) is 5.91 Å². The number of aryl methyl sites for hydroxylation is 1. The van der Waals surface area contributed by atoms with Crippen LogP contribution < -0.4 is 5.32 Å². The second-order valence-corrected chi connectivity index (χ2v) is 6.91. The first-order valence-corrected chi connectivity index (χ1v) is 9.24. The minimum atomic E-state index is -0.205. The molecule has 0 atom stereocenters. The molecular weight excluding hydrogens is 356 g/mol. The quantitative estimate of drug-likeness (QED) is 0.557. The Hall–Kier alpha value is -3.38. The Bertz CT molecular complexity index is 1060. The predicted octanol–water partition coefficient (Wildman–Crippen LogP) is 4.83. The van der Waals surface area contributed by atoms with Crippen LogP contribution in [0.5, 0.6) is 0 Å². The van der Waals surface area contributed by atoms with Crippen molar-refractivity contribution in [2.45, 2.75) is 6.92 Å². The Kier molecular flexibility index (Phi) is 4.72. The highest BCUT2D eigenvalue weighted by Gasteiger charge is 2.16. The number of hydrogen-bond acceptors (Lipinski definition) is 5. The third kappa shape index (κ3) is 3.75. The molecule has 0 aliphatic carbocycles. The van der Waals surface area contributed by atoms with E-state index in [0.29, 0.717) is 22.1 Å². The van der Waals surface area contributed by atoms with Gasteiger partial charge in [0.15, 0.2) is 5.82 Å². The van der Waals surface area contributed by atoms with Crippen LogP contribution in [0.1, 0.15) is 15.4 Å². The van der Waals surface area contributed by atoms with Crippen LogP contribution in [0.3, 0.4) is 0 Å². The highest BCUT2D eigenvalue weighted by atomic mass is 32.1. The topological polar surface area (TPSA) is 67.8 Å². The van der Waals surface area contributed by atoms with Gasteiger partial charge in [0, 0.05) is 11.1 Å². The number of amides is 1. The van der Waals surface area contributed by atoms with Crippen LogP contribution in [-0.4, -0.2) is 20.9 Å². The smallest absolute Gasteiger partial charge is 0.267 e. The minimum Gasteiger partial charge on any atom is -0.319 e. The van der Waals surface area contributed by atoms with Gasteiger partial charge in [-0.1, -0.05) is 60.7 Å². The minimum absolute atomic E-state index is 0.205. The highest BCUT2D eigenvalue weighted by Crippen LogP contribution is 2.28. The maximum absolute atomic E-state index is 12.6. The van der Waals surface area contributed by atoms with Crippen LogP contribution in [0.4, 0.5) is 5.69 Å².